The number of benzene rings is 1. The zero-order valence-electron chi connectivity index (χ0n) is 21.2. The summed E-state index contributed by atoms with van der Waals surface area (Å²) in [6.45, 7) is 1.06. The first-order valence-electron chi connectivity index (χ1n) is 12.6. The Labute approximate surface area is 219 Å². The number of halogens is 2. The predicted molar refractivity (Wildman–Crippen MR) is 132 cm³/mol. The third-order valence-corrected chi connectivity index (χ3v) is 7.03. The van der Waals surface area contributed by atoms with E-state index >= 15 is 0 Å². The second kappa shape index (κ2) is 11.7. The van der Waals surface area contributed by atoms with E-state index in [1.54, 1.807) is 36.1 Å². The van der Waals surface area contributed by atoms with E-state index in [2.05, 4.69) is 15.0 Å². The number of pyridine rings is 1. The van der Waals surface area contributed by atoms with Crippen molar-refractivity contribution >= 4 is 17.8 Å². The first kappa shape index (κ1) is 27.3. The van der Waals surface area contributed by atoms with Gasteiger partial charge in [-0.25, -0.2) is 9.78 Å². The number of alkyl halides is 2. The van der Waals surface area contributed by atoms with Crippen LogP contribution >= 0.6 is 0 Å². The first-order valence-corrected chi connectivity index (χ1v) is 12.6. The van der Waals surface area contributed by atoms with E-state index in [9.17, 15) is 23.2 Å². The van der Waals surface area contributed by atoms with Gasteiger partial charge in [0.15, 0.2) is 11.5 Å². The Morgan fingerprint density at radius 2 is 1.95 bits per heavy atom. The van der Waals surface area contributed by atoms with Crippen LogP contribution in [-0.4, -0.2) is 58.6 Å². The van der Waals surface area contributed by atoms with E-state index in [0.29, 0.717) is 31.2 Å². The highest BCUT2D eigenvalue weighted by Gasteiger charge is 2.40. The van der Waals surface area contributed by atoms with Gasteiger partial charge in [0.1, 0.15) is 5.69 Å². The van der Waals surface area contributed by atoms with Gasteiger partial charge in [-0.3, -0.25) is 9.59 Å². The number of likely N-dealkylation sites (tertiary alicyclic amines) is 1. The molecule has 204 valence electrons. The monoisotopic (exact) mass is 531 g/mol. The van der Waals surface area contributed by atoms with Gasteiger partial charge in [-0.2, -0.15) is 8.78 Å². The minimum absolute atomic E-state index is 0.0318. The molecule has 1 saturated carbocycles. The number of aromatic carboxylic acids is 1. The van der Waals surface area contributed by atoms with E-state index in [-0.39, 0.29) is 47.5 Å². The van der Waals surface area contributed by atoms with Crippen LogP contribution in [-0.2, 0) is 16.1 Å². The number of carbonyl (C=O) groups is 3. The summed E-state index contributed by atoms with van der Waals surface area (Å²) in [5.74, 6) is -1.67. The van der Waals surface area contributed by atoms with Gasteiger partial charge < -0.3 is 24.8 Å². The number of aromatic nitrogens is 1. The van der Waals surface area contributed by atoms with E-state index < -0.39 is 18.5 Å². The zero-order chi connectivity index (χ0) is 27.4. The summed E-state index contributed by atoms with van der Waals surface area (Å²) in [6.07, 6.45) is 2.59. The third kappa shape index (κ3) is 6.76. The molecule has 2 aliphatic rings. The van der Waals surface area contributed by atoms with Crippen LogP contribution < -0.4 is 14.8 Å². The fraction of sp³-hybridized carbons (Fsp3) is 0.481. The van der Waals surface area contributed by atoms with Crippen LogP contribution in [0.5, 0.6) is 11.5 Å². The molecule has 3 atom stereocenters. The average molecular weight is 532 g/mol. The molecule has 9 nitrogen and oxygen atoms in total. The number of amides is 2. The van der Waals surface area contributed by atoms with Crippen molar-refractivity contribution in [2.75, 3.05) is 13.2 Å². The lowest BCUT2D eigenvalue weighted by Gasteiger charge is -2.27. The Morgan fingerprint density at radius 1 is 1.18 bits per heavy atom. The summed E-state index contributed by atoms with van der Waals surface area (Å²) in [6, 6.07) is 9.01. The number of ether oxygens (including phenoxy) is 2. The van der Waals surface area contributed by atoms with Crippen molar-refractivity contribution in [3.8, 4) is 11.5 Å². The Balaban J connectivity index is 1.45. The Bertz CT molecular complexity index is 1190. The van der Waals surface area contributed by atoms with Crippen LogP contribution in [0.1, 0.15) is 60.8 Å². The molecule has 1 aliphatic heterocycles. The molecule has 0 radical (unpaired) electrons. The highest BCUT2D eigenvalue weighted by Crippen LogP contribution is 2.40. The Hall–Kier alpha value is -3.76. The minimum atomic E-state index is -2.98. The average Bonchev–Trinajstić information content (AvgIpc) is 3.61. The van der Waals surface area contributed by atoms with Crippen molar-refractivity contribution in [1.82, 2.24) is 15.2 Å². The number of nitrogens with one attached hydrogen (secondary N) is 1. The molecule has 1 aliphatic carbocycles. The number of carboxylic acid groups (broad SMARTS) is 1. The molecule has 2 amide bonds. The topological polar surface area (TPSA) is 118 Å². The van der Waals surface area contributed by atoms with Crippen molar-refractivity contribution in [3.05, 3.63) is 53.3 Å². The zero-order valence-corrected chi connectivity index (χ0v) is 21.2. The van der Waals surface area contributed by atoms with Crippen molar-refractivity contribution in [1.29, 1.82) is 0 Å². The molecule has 11 heteroatoms. The van der Waals surface area contributed by atoms with Crippen LogP contribution in [0.25, 0.3) is 0 Å². The summed E-state index contributed by atoms with van der Waals surface area (Å²) in [7, 11) is 0. The maximum absolute atomic E-state index is 13.0. The number of carboxylic acids is 1. The van der Waals surface area contributed by atoms with Crippen molar-refractivity contribution < 1.29 is 37.7 Å². The van der Waals surface area contributed by atoms with Gasteiger partial charge in [0, 0.05) is 25.4 Å². The van der Waals surface area contributed by atoms with Gasteiger partial charge >= 0.3 is 12.6 Å². The molecule has 1 aromatic heterocycles. The molecule has 38 heavy (non-hydrogen) atoms. The van der Waals surface area contributed by atoms with E-state index in [1.807, 2.05) is 0 Å². The lowest BCUT2D eigenvalue weighted by molar-refractivity contribution is -0.133. The largest absolute Gasteiger partial charge is 0.489 e. The second-order valence-corrected chi connectivity index (χ2v) is 9.84. The first-order chi connectivity index (χ1) is 18.1. The predicted octanol–water partition coefficient (Wildman–Crippen LogP) is 3.83. The molecule has 4 rings (SSSR count). The lowest BCUT2D eigenvalue weighted by atomic mass is 9.91. The smallest absolute Gasteiger partial charge is 0.387 e. The van der Waals surface area contributed by atoms with Gasteiger partial charge in [0.05, 0.1) is 24.8 Å². The van der Waals surface area contributed by atoms with Crippen molar-refractivity contribution in [2.24, 2.45) is 11.8 Å². The number of nitrogens with zero attached hydrogens (tertiary/aromatic N) is 2. The van der Waals surface area contributed by atoms with E-state index in [0.717, 1.165) is 18.4 Å². The fourth-order valence-electron chi connectivity index (χ4n) is 4.73. The van der Waals surface area contributed by atoms with Crippen LogP contribution in [0.15, 0.2) is 36.4 Å². The summed E-state index contributed by atoms with van der Waals surface area (Å²) < 4.78 is 36.2. The molecule has 2 N–H and O–H groups in total. The fourth-order valence-corrected chi connectivity index (χ4v) is 4.73. The minimum Gasteiger partial charge on any atom is -0.489 e. The van der Waals surface area contributed by atoms with Crippen molar-refractivity contribution in [3.63, 3.8) is 0 Å². The standard InChI is InChI=1S/C27H31F2N3O6/c1-15(25(34)30-12-20-4-3-5-21(31-20)26(35)36)22-10-19(13-32(22)16(2)33)18-8-9-23(38-27(28)29)24(11-18)37-14-17-6-7-17/h3-5,8-9,11,15,17,19,22,27H,6-7,10,12-14H2,1-2H3,(H,30,34)(H,35,36)/t15-,19?,22-/m1/s1. The summed E-state index contributed by atoms with van der Waals surface area (Å²) in [5, 5.41) is 11.9. The molecular formula is C27H31F2N3O6. The second-order valence-electron chi connectivity index (χ2n) is 9.84. The normalized spacial score (nSPS) is 19.8. The van der Waals surface area contributed by atoms with Gasteiger partial charge in [-0.1, -0.05) is 19.1 Å². The molecule has 1 aromatic carbocycles. The maximum atomic E-state index is 13.0. The molecule has 2 heterocycles. The van der Waals surface area contributed by atoms with E-state index in [4.69, 9.17) is 9.84 Å². The maximum Gasteiger partial charge on any atom is 0.387 e. The van der Waals surface area contributed by atoms with Gasteiger partial charge in [0.25, 0.3) is 0 Å². The molecule has 2 fully saturated rings. The van der Waals surface area contributed by atoms with Crippen LogP contribution in [0, 0.1) is 11.8 Å². The third-order valence-electron chi connectivity index (χ3n) is 7.03. The number of rotatable bonds is 11. The number of hydrogen-bond acceptors (Lipinski definition) is 6. The molecule has 1 unspecified atom stereocenters. The van der Waals surface area contributed by atoms with Gasteiger partial charge in [0.2, 0.25) is 11.8 Å². The summed E-state index contributed by atoms with van der Waals surface area (Å²) in [4.78, 5) is 42.3. The highest BCUT2D eigenvalue weighted by atomic mass is 19.3. The molecule has 0 spiro atoms. The van der Waals surface area contributed by atoms with Gasteiger partial charge in [-0.15, -0.1) is 0 Å². The lowest BCUT2D eigenvalue weighted by Crippen LogP contribution is -2.44. The molecular weight excluding hydrogens is 500 g/mol. The molecule has 1 saturated heterocycles. The van der Waals surface area contributed by atoms with Crippen molar-refractivity contribution in [2.45, 2.75) is 58.2 Å². The quantitative estimate of drug-likeness (QED) is 0.453. The van der Waals surface area contributed by atoms with Crippen LogP contribution in [0.3, 0.4) is 0 Å². The summed E-state index contributed by atoms with van der Waals surface area (Å²) >= 11 is 0. The Kier molecular flexibility index (Phi) is 8.43. The highest BCUT2D eigenvalue weighted by molar-refractivity contribution is 5.85. The van der Waals surface area contributed by atoms with Crippen LogP contribution in [0.4, 0.5) is 8.78 Å². The van der Waals surface area contributed by atoms with Gasteiger partial charge in [-0.05, 0) is 55.0 Å². The molecule has 2 aromatic rings. The molecule has 0 bridgehead atoms. The SMILES string of the molecule is CC(=O)N1CC(c2ccc(OC(F)F)c(OCC3CC3)c2)C[C@@H]1[C@@H](C)C(=O)NCc1cccc(C(=O)O)n1. The Morgan fingerprint density at radius 3 is 2.61 bits per heavy atom. The van der Waals surface area contributed by atoms with E-state index in [1.165, 1.54) is 19.1 Å². The number of carbonyl (C=O) groups excluding carboxylic acids is 2. The van der Waals surface area contributed by atoms with Crippen LogP contribution in [0.2, 0.25) is 0 Å². The number of hydrogen-bond donors (Lipinski definition) is 2. The summed E-state index contributed by atoms with van der Waals surface area (Å²) in [5.41, 5.74) is 1.10.